The zero-order valence-corrected chi connectivity index (χ0v) is 13.8. The number of piperidine rings is 1. The molecular weight excluding hydrogens is 324 g/mol. The van der Waals surface area contributed by atoms with Crippen LogP contribution in [-0.2, 0) is 9.53 Å². The van der Waals surface area contributed by atoms with Crippen LogP contribution >= 0.6 is 0 Å². The number of carbonyl (C=O) groups excluding carboxylic acids is 1. The van der Waals surface area contributed by atoms with E-state index in [2.05, 4.69) is 5.10 Å². The van der Waals surface area contributed by atoms with Crippen molar-refractivity contribution in [3.63, 3.8) is 0 Å². The van der Waals surface area contributed by atoms with Crippen molar-refractivity contribution < 1.29 is 28.2 Å². The highest BCUT2D eigenvalue weighted by molar-refractivity contribution is 5.73. The van der Waals surface area contributed by atoms with Crippen molar-refractivity contribution >= 4 is 12.1 Å². The molecule has 7 nitrogen and oxygen atoms in total. The van der Waals surface area contributed by atoms with E-state index < -0.39 is 36.0 Å². The Morgan fingerprint density at radius 1 is 1.42 bits per heavy atom. The first-order valence-corrected chi connectivity index (χ1v) is 7.61. The van der Waals surface area contributed by atoms with E-state index >= 15 is 0 Å². The summed E-state index contributed by atoms with van der Waals surface area (Å²) in [4.78, 5) is 25.1. The molecule has 2 unspecified atom stereocenters. The molecule has 2 atom stereocenters. The predicted octanol–water partition coefficient (Wildman–Crippen LogP) is 2.70. The molecule has 1 saturated heterocycles. The standard InChI is InChI=1S/C15H21F2N3O4/c1-15(2,3)24-14(23)19-5-4-10(12(21)22)11(8-19)9-6-18-20(7-9)13(16)17/h6-7,10-11,13H,4-5,8H2,1-3H3,(H,21,22). The lowest BCUT2D eigenvalue weighted by Gasteiger charge is -2.37. The Hall–Kier alpha value is -2.19. The molecule has 1 fully saturated rings. The number of ether oxygens (including phenoxy) is 1. The van der Waals surface area contributed by atoms with Crippen molar-refractivity contribution in [3.05, 3.63) is 18.0 Å². The van der Waals surface area contributed by atoms with E-state index in [1.165, 1.54) is 11.1 Å². The first kappa shape index (κ1) is 18.2. The van der Waals surface area contributed by atoms with Crippen LogP contribution < -0.4 is 0 Å². The Balaban J connectivity index is 2.20. The molecule has 1 aliphatic rings. The number of aliphatic carboxylic acids is 1. The lowest BCUT2D eigenvalue weighted by Crippen LogP contribution is -2.46. The second kappa shape index (κ2) is 6.74. The second-order valence-electron chi connectivity index (χ2n) is 6.80. The summed E-state index contributed by atoms with van der Waals surface area (Å²) in [6, 6.07) is 0. The van der Waals surface area contributed by atoms with Crippen LogP contribution in [0.5, 0.6) is 0 Å². The average molecular weight is 345 g/mol. The van der Waals surface area contributed by atoms with E-state index in [0.717, 1.165) is 6.20 Å². The third kappa shape index (κ3) is 4.21. The van der Waals surface area contributed by atoms with Gasteiger partial charge in [0, 0.05) is 25.2 Å². The highest BCUT2D eigenvalue weighted by Crippen LogP contribution is 2.33. The first-order chi connectivity index (χ1) is 11.1. The van der Waals surface area contributed by atoms with Gasteiger partial charge < -0.3 is 14.7 Å². The number of rotatable bonds is 3. The molecular formula is C15H21F2N3O4. The van der Waals surface area contributed by atoms with Gasteiger partial charge in [0.1, 0.15) is 5.60 Å². The Kier molecular flexibility index (Phi) is 5.10. The maximum atomic E-state index is 12.7. The SMILES string of the molecule is CC(C)(C)OC(=O)N1CCC(C(=O)O)C(c2cnn(C(F)F)c2)C1. The average Bonchev–Trinajstić information content (AvgIpc) is 2.94. The summed E-state index contributed by atoms with van der Waals surface area (Å²) < 4.78 is 31.2. The van der Waals surface area contributed by atoms with Crippen LogP contribution in [0.15, 0.2) is 12.4 Å². The van der Waals surface area contributed by atoms with Crippen molar-refractivity contribution in [1.82, 2.24) is 14.7 Å². The van der Waals surface area contributed by atoms with Gasteiger partial charge in [-0.15, -0.1) is 0 Å². The lowest BCUT2D eigenvalue weighted by molar-refractivity contribution is -0.144. The van der Waals surface area contributed by atoms with E-state index in [9.17, 15) is 23.5 Å². The van der Waals surface area contributed by atoms with Crippen LogP contribution in [0.25, 0.3) is 0 Å². The first-order valence-electron chi connectivity index (χ1n) is 7.61. The Labute approximate surface area is 138 Å². The number of amides is 1. The smallest absolute Gasteiger partial charge is 0.410 e. The summed E-state index contributed by atoms with van der Waals surface area (Å²) in [7, 11) is 0. The fourth-order valence-corrected chi connectivity index (χ4v) is 2.73. The number of carboxylic acids is 1. The molecule has 0 saturated carbocycles. The van der Waals surface area contributed by atoms with Gasteiger partial charge in [-0.1, -0.05) is 0 Å². The van der Waals surface area contributed by atoms with Crippen molar-refractivity contribution in [3.8, 4) is 0 Å². The van der Waals surface area contributed by atoms with E-state index in [1.807, 2.05) is 0 Å². The molecule has 2 rings (SSSR count). The van der Waals surface area contributed by atoms with Crippen LogP contribution in [0.2, 0.25) is 0 Å². The van der Waals surface area contributed by atoms with Gasteiger partial charge >= 0.3 is 18.6 Å². The Morgan fingerprint density at radius 3 is 2.58 bits per heavy atom. The van der Waals surface area contributed by atoms with Gasteiger partial charge in [0.25, 0.3) is 0 Å². The van der Waals surface area contributed by atoms with E-state index in [-0.39, 0.29) is 19.5 Å². The molecule has 2 heterocycles. The largest absolute Gasteiger partial charge is 0.481 e. The fourth-order valence-electron chi connectivity index (χ4n) is 2.73. The quantitative estimate of drug-likeness (QED) is 0.910. The van der Waals surface area contributed by atoms with Gasteiger partial charge in [-0.3, -0.25) is 4.79 Å². The molecule has 1 aliphatic heterocycles. The predicted molar refractivity (Wildman–Crippen MR) is 79.8 cm³/mol. The number of halogens is 2. The minimum atomic E-state index is -2.80. The van der Waals surface area contributed by atoms with Gasteiger partial charge in [0.05, 0.1) is 12.1 Å². The van der Waals surface area contributed by atoms with E-state index in [1.54, 1.807) is 20.8 Å². The number of alkyl halides is 2. The Morgan fingerprint density at radius 2 is 2.08 bits per heavy atom. The molecule has 0 radical (unpaired) electrons. The highest BCUT2D eigenvalue weighted by atomic mass is 19.3. The number of aromatic nitrogens is 2. The number of likely N-dealkylation sites (tertiary alicyclic amines) is 1. The van der Waals surface area contributed by atoms with E-state index in [0.29, 0.717) is 10.2 Å². The molecule has 1 aromatic rings. The normalized spacial score (nSPS) is 21.8. The molecule has 0 bridgehead atoms. The number of carbonyl (C=O) groups is 2. The molecule has 1 N–H and O–H groups in total. The van der Waals surface area contributed by atoms with Crippen molar-refractivity contribution in [2.75, 3.05) is 13.1 Å². The molecule has 24 heavy (non-hydrogen) atoms. The summed E-state index contributed by atoms with van der Waals surface area (Å²) >= 11 is 0. The maximum Gasteiger partial charge on any atom is 0.410 e. The van der Waals surface area contributed by atoms with Gasteiger partial charge in [-0.25, -0.2) is 9.48 Å². The van der Waals surface area contributed by atoms with Crippen LogP contribution in [0.4, 0.5) is 13.6 Å². The summed E-state index contributed by atoms with van der Waals surface area (Å²) in [5, 5.41) is 12.9. The molecule has 1 aromatic heterocycles. The summed E-state index contributed by atoms with van der Waals surface area (Å²) in [5.41, 5.74) is -0.299. The second-order valence-corrected chi connectivity index (χ2v) is 6.80. The molecule has 0 spiro atoms. The van der Waals surface area contributed by atoms with Gasteiger partial charge in [0.15, 0.2) is 0 Å². The minimum absolute atomic E-state index is 0.0841. The van der Waals surface area contributed by atoms with Crippen LogP contribution in [0.3, 0.4) is 0 Å². The molecule has 9 heteroatoms. The highest BCUT2D eigenvalue weighted by Gasteiger charge is 2.38. The molecule has 0 aromatic carbocycles. The Bertz CT molecular complexity index is 612. The van der Waals surface area contributed by atoms with Crippen molar-refractivity contribution in [2.24, 2.45) is 5.92 Å². The van der Waals surface area contributed by atoms with Gasteiger partial charge in [-0.05, 0) is 32.8 Å². The number of hydrogen-bond donors (Lipinski definition) is 1. The van der Waals surface area contributed by atoms with Crippen LogP contribution in [0, 0.1) is 5.92 Å². The zero-order valence-electron chi connectivity index (χ0n) is 13.8. The van der Waals surface area contributed by atoms with Crippen molar-refractivity contribution in [2.45, 2.75) is 45.3 Å². The molecule has 0 aliphatic carbocycles. The van der Waals surface area contributed by atoms with Crippen LogP contribution in [0.1, 0.15) is 45.2 Å². The number of hydrogen-bond acceptors (Lipinski definition) is 4. The fraction of sp³-hybridized carbons (Fsp3) is 0.667. The molecule has 134 valence electrons. The summed E-state index contributed by atoms with van der Waals surface area (Å²) in [5.74, 6) is -2.40. The summed E-state index contributed by atoms with van der Waals surface area (Å²) in [6.45, 7) is 2.73. The summed E-state index contributed by atoms with van der Waals surface area (Å²) in [6.07, 6.45) is 2.03. The topological polar surface area (TPSA) is 84.7 Å². The minimum Gasteiger partial charge on any atom is -0.481 e. The number of nitrogens with zero attached hydrogens (tertiary/aromatic N) is 3. The van der Waals surface area contributed by atoms with Gasteiger partial charge in [0.2, 0.25) is 0 Å². The van der Waals surface area contributed by atoms with Gasteiger partial charge in [-0.2, -0.15) is 13.9 Å². The van der Waals surface area contributed by atoms with Crippen molar-refractivity contribution in [1.29, 1.82) is 0 Å². The maximum absolute atomic E-state index is 12.7. The lowest BCUT2D eigenvalue weighted by atomic mass is 9.82. The molecule has 1 amide bonds. The third-order valence-electron chi connectivity index (χ3n) is 3.83. The number of carboxylic acid groups (broad SMARTS) is 1. The zero-order chi connectivity index (χ0) is 18.1. The van der Waals surface area contributed by atoms with E-state index in [4.69, 9.17) is 4.74 Å². The third-order valence-corrected chi connectivity index (χ3v) is 3.83. The monoisotopic (exact) mass is 345 g/mol. The van der Waals surface area contributed by atoms with Crippen LogP contribution in [-0.4, -0.2) is 50.5 Å².